The van der Waals surface area contributed by atoms with Crippen molar-refractivity contribution in [3.05, 3.63) is 0 Å². The highest BCUT2D eigenvalue weighted by molar-refractivity contribution is 5.85. The van der Waals surface area contributed by atoms with Gasteiger partial charge in [0.05, 0.1) is 0 Å². The maximum absolute atomic E-state index is 11.7. The highest BCUT2D eigenvalue weighted by Crippen LogP contribution is 2.16. The lowest BCUT2D eigenvalue weighted by Crippen LogP contribution is -2.36. The first-order valence-corrected chi connectivity index (χ1v) is 6.30. The molecule has 1 rings (SSSR count). The number of unbranched alkanes of at least 4 members (excludes halogenated alkanes) is 1. The summed E-state index contributed by atoms with van der Waals surface area (Å²) in [6.07, 6.45) is 4.50. The smallest absolute Gasteiger partial charge is 0.320 e. The number of carboxylic acids is 1. The summed E-state index contributed by atoms with van der Waals surface area (Å²) in [5, 5.41) is 11.4. The Labute approximate surface area is 107 Å². The minimum atomic E-state index is -0.979. The van der Waals surface area contributed by atoms with Crippen LogP contribution in [0.15, 0.2) is 4.99 Å². The van der Waals surface area contributed by atoms with Crippen molar-refractivity contribution in [1.82, 2.24) is 5.32 Å². The lowest BCUT2D eigenvalue weighted by molar-refractivity contribution is -0.138. The number of aliphatic carboxylic acids is 1. The highest BCUT2D eigenvalue weighted by Gasteiger charge is 2.26. The SMILES string of the molecule is C[C@@H]1CC=NC1C(=O)NCCCCC(N)C(=O)O. The van der Waals surface area contributed by atoms with E-state index in [9.17, 15) is 9.59 Å². The molecule has 6 heteroatoms. The molecular formula is C12H21N3O3. The molecule has 0 saturated carbocycles. The summed E-state index contributed by atoms with van der Waals surface area (Å²) in [5.74, 6) is -0.752. The number of hydrogen-bond donors (Lipinski definition) is 3. The monoisotopic (exact) mass is 255 g/mol. The van der Waals surface area contributed by atoms with Crippen molar-refractivity contribution in [2.24, 2.45) is 16.6 Å². The van der Waals surface area contributed by atoms with Gasteiger partial charge >= 0.3 is 5.97 Å². The van der Waals surface area contributed by atoms with E-state index in [-0.39, 0.29) is 17.9 Å². The van der Waals surface area contributed by atoms with Crippen LogP contribution < -0.4 is 11.1 Å². The van der Waals surface area contributed by atoms with Crippen LogP contribution in [0.25, 0.3) is 0 Å². The van der Waals surface area contributed by atoms with Crippen LogP contribution >= 0.6 is 0 Å². The molecule has 0 bridgehead atoms. The van der Waals surface area contributed by atoms with Gasteiger partial charge in [0.2, 0.25) is 5.91 Å². The predicted octanol–water partition coefficient (Wildman–Crippen LogP) is 0.164. The zero-order chi connectivity index (χ0) is 13.5. The quantitative estimate of drug-likeness (QED) is 0.564. The molecule has 0 aromatic rings. The summed E-state index contributed by atoms with van der Waals surface area (Å²) in [6, 6.07) is -1.06. The number of amides is 1. The fourth-order valence-electron chi connectivity index (χ4n) is 1.87. The summed E-state index contributed by atoms with van der Waals surface area (Å²) in [6.45, 7) is 2.55. The van der Waals surface area contributed by atoms with Gasteiger partial charge in [-0.05, 0) is 31.6 Å². The maximum Gasteiger partial charge on any atom is 0.320 e. The van der Waals surface area contributed by atoms with E-state index in [0.717, 1.165) is 12.8 Å². The Balaban J connectivity index is 2.09. The molecule has 102 valence electrons. The topological polar surface area (TPSA) is 105 Å². The first kappa shape index (κ1) is 14.6. The summed E-state index contributed by atoms with van der Waals surface area (Å²) in [5.41, 5.74) is 5.37. The van der Waals surface area contributed by atoms with E-state index in [1.807, 2.05) is 6.92 Å². The molecule has 0 spiro atoms. The van der Waals surface area contributed by atoms with Crippen LogP contribution in [0.3, 0.4) is 0 Å². The lowest BCUT2D eigenvalue weighted by Gasteiger charge is -2.13. The van der Waals surface area contributed by atoms with E-state index in [1.165, 1.54) is 0 Å². The van der Waals surface area contributed by atoms with Crippen LogP contribution in [0.2, 0.25) is 0 Å². The molecule has 0 aromatic carbocycles. The molecule has 18 heavy (non-hydrogen) atoms. The average molecular weight is 255 g/mol. The fourth-order valence-corrected chi connectivity index (χ4v) is 1.87. The standard InChI is InChI=1S/C12H21N3O3/c1-8-5-7-14-10(8)11(16)15-6-3-2-4-9(13)12(17)18/h7-10H,2-6,13H2,1H3,(H,15,16)(H,17,18)/t8-,9?,10?/m1/s1. The molecule has 0 aromatic heterocycles. The van der Waals surface area contributed by atoms with Crippen molar-refractivity contribution in [2.45, 2.75) is 44.7 Å². The second-order valence-corrected chi connectivity index (χ2v) is 4.72. The number of rotatable bonds is 7. The first-order chi connectivity index (χ1) is 8.52. The summed E-state index contributed by atoms with van der Waals surface area (Å²) >= 11 is 0. The molecule has 1 aliphatic heterocycles. The minimum Gasteiger partial charge on any atom is -0.480 e. The normalized spacial score (nSPS) is 23.9. The highest BCUT2D eigenvalue weighted by atomic mass is 16.4. The zero-order valence-corrected chi connectivity index (χ0v) is 10.6. The van der Waals surface area contributed by atoms with Crippen molar-refractivity contribution in [2.75, 3.05) is 6.54 Å². The molecule has 6 nitrogen and oxygen atoms in total. The summed E-state index contributed by atoms with van der Waals surface area (Å²) < 4.78 is 0. The second-order valence-electron chi connectivity index (χ2n) is 4.72. The van der Waals surface area contributed by atoms with E-state index < -0.39 is 12.0 Å². The van der Waals surface area contributed by atoms with E-state index in [0.29, 0.717) is 19.4 Å². The van der Waals surface area contributed by atoms with Gasteiger partial charge in [0.1, 0.15) is 12.1 Å². The van der Waals surface area contributed by atoms with Gasteiger partial charge in [-0.2, -0.15) is 0 Å². The predicted molar refractivity (Wildman–Crippen MR) is 68.5 cm³/mol. The number of nitrogens with one attached hydrogen (secondary N) is 1. The van der Waals surface area contributed by atoms with E-state index >= 15 is 0 Å². The molecule has 4 N–H and O–H groups in total. The van der Waals surface area contributed by atoms with Gasteiger partial charge in [0, 0.05) is 12.8 Å². The van der Waals surface area contributed by atoms with E-state index in [4.69, 9.17) is 10.8 Å². The van der Waals surface area contributed by atoms with Crippen LogP contribution in [0.4, 0.5) is 0 Å². The maximum atomic E-state index is 11.7. The zero-order valence-electron chi connectivity index (χ0n) is 10.6. The third kappa shape index (κ3) is 4.44. The number of nitrogens with zero attached hydrogens (tertiary/aromatic N) is 1. The molecule has 0 saturated heterocycles. The van der Waals surface area contributed by atoms with Crippen molar-refractivity contribution in [1.29, 1.82) is 0 Å². The largest absolute Gasteiger partial charge is 0.480 e. The molecule has 0 aliphatic carbocycles. The fraction of sp³-hybridized carbons (Fsp3) is 0.750. The summed E-state index contributed by atoms with van der Waals surface area (Å²) in [7, 11) is 0. The van der Waals surface area contributed by atoms with Crippen LogP contribution in [0, 0.1) is 5.92 Å². The number of carboxylic acid groups (broad SMARTS) is 1. The van der Waals surface area contributed by atoms with Crippen molar-refractivity contribution in [3.8, 4) is 0 Å². The molecule has 0 fully saturated rings. The number of carbonyl (C=O) groups excluding carboxylic acids is 1. The van der Waals surface area contributed by atoms with Gasteiger partial charge in [0.25, 0.3) is 0 Å². The molecule has 3 atom stereocenters. The Morgan fingerprint density at radius 3 is 2.83 bits per heavy atom. The molecule has 1 aliphatic rings. The number of aliphatic imine (C=N–C) groups is 1. The van der Waals surface area contributed by atoms with Crippen molar-refractivity contribution < 1.29 is 14.7 Å². The van der Waals surface area contributed by atoms with Crippen molar-refractivity contribution >= 4 is 18.1 Å². The van der Waals surface area contributed by atoms with Crippen LogP contribution in [0.1, 0.15) is 32.6 Å². The molecule has 1 amide bonds. The van der Waals surface area contributed by atoms with Gasteiger partial charge in [-0.1, -0.05) is 6.92 Å². The Bertz CT molecular complexity index is 331. The Kier molecular flexibility index (Phi) is 5.77. The van der Waals surface area contributed by atoms with Gasteiger partial charge in [-0.3, -0.25) is 14.6 Å². The number of nitrogens with two attached hydrogens (primary N) is 1. The molecule has 0 radical (unpaired) electrons. The number of carbonyl (C=O) groups is 2. The average Bonchev–Trinajstić information content (AvgIpc) is 2.74. The number of hydrogen-bond acceptors (Lipinski definition) is 4. The summed E-state index contributed by atoms with van der Waals surface area (Å²) in [4.78, 5) is 26.3. The van der Waals surface area contributed by atoms with Gasteiger partial charge in [0.15, 0.2) is 0 Å². The van der Waals surface area contributed by atoms with Crippen LogP contribution in [0.5, 0.6) is 0 Å². The lowest BCUT2D eigenvalue weighted by atomic mass is 10.0. The Hall–Kier alpha value is -1.43. The first-order valence-electron chi connectivity index (χ1n) is 6.30. The van der Waals surface area contributed by atoms with E-state index in [1.54, 1.807) is 6.21 Å². The van der Waals surface area contributed by atoms with Crippen LogP contribution in [-0.2, 0) is 9.59 Å². The molecule has 1 heterocycles. The van der Waals surface area contributed by atoms with Gasteiger partial charge < -0.3 is 16.2 Å². The van der Waals surface area contributed by atoms with Crippen molar-refractivity contribution in [3.63, 3.8) is 0 Å². The third-order valence-corrected chi connectivity index (χ3v) is 3.11. The second kappa shape index (κ2) is 7.10. The Morgan fingerprint density at radius 2 is 2.28 bits per heavy atom. The van der Waals surface area contributed by atoms with Crippen LogP contribution in [-0.4, -0.2) is 41.8 Å². The van der Waals surface area contributed by atoms with Gasteiger partial charge in [-0.25, -0.2) is 0 Å². The molecule has 2 unspecified atom stereocenters. The van der Waals surface area contributed by atoms with E-state index in [2.05, 4.69) is 10.3 Å². The van der Waals surface area contributed by atoms with Gasteiger partial charge in [-0.15, -0.1) is 0 Å². The third-order valence-electron chi connectivity index (χ3n) is 3.11. The minimum absolute atomic E-state index is 0.0428. The Morgan fingerprint density at radius 1 is 1.56 bits per heavy atom. The molecular weight excluding hydrogens is 234 g/mol.